The van der Waals surface area contributed by atoms with Gasteiger partial charge in [-0.25, -0.2) is 0 Å². The highest BCUT2D eigenvalue weighted by Gasteiger charge is 2.31. The van der Waals surface area contributed by atoms with E-state index in [9.17, 15) is 4.79 Å². The average Bonchev–Trinajstić information content (AvgIpc) is 3.27. The van der Waals surface area contributed by atoms with Crippen LogP contribution in [0.4, 0.5) is 0 Å². The van der Waals surface area contributed by atoms with Crippen LogP contribution in [0.2, 0.25) is 0 Å². The van der Waals surface area contributed by atoms with Crippen LogP contribution in [-0.4, -0.2) is 67.5 Å². The molecule has 0 aromatic heterocycles. The normalized spacial score (nSPS) is 22.5. The number of hydrogen-bond acceptors (Lipinski definition) is 3. The van der Waals surface area contributed by atoms with Gasteiger partial charge in [0, 0.05) is 58.3 Å². The molecular weight excluding hydrogens is 501 g/mol. The predicted molar refractivity (Wildman–Crippen MR) is 137 cm³/mol. The first kappa shape index (κ1) is 24.3. The smallest absolute Gasteiger partial charge is 0.225 e. The van der Waals surface area contributed by atoms with E-state index in [4.69, 9.17) is 0 Å². The molecule has 2 N–H and O–H groups in total. The number of amides is 1. The fraction of sp³-hybridized carbons (Fsp3) is 0.667. The van der Waals surface area contributed by atoms with Crippen LogP contribution < -0.4 is 10.6 Å². The van der Waals surface area contributed by atoms with E-state index < -0.39 is 0 Å². The van der Waals surface area contributed by atoms with Crippen molar-refractivity contribution in [2.24, 2.45) is 10.9 Å². The third-order valence-electron chi connectivity index (χ3n) is 6.95. The molecule has 1 atom stereocenters. The first-order chi connectivity index (χ1) is 14.7. The Morgan fingerprint density at radius 1 is 1.10 bits per heavy atom. The molecule has 1 unspecified atom stereocenters. The molecule has 1 aromatic carbocycles. The van der Waals surface area contributed by atoms with Gasteiger partial charge in [0.25, 0.3) is 0 Å². The van der Waals surface area contributed by atoms with Crippen LogP contribution in [0.3, 0.4) is 0 Å². The SMILES string of the molecule is CN=C(NCCN1CCc2ccccc2C1)NC1CCN(C(=O)C2CCCCC2)C1.I. The summed E-state index contributed by atoms with van der Waals surface area (Å²) in [6, 6.07) is 9.07. The molecule has 0 radical (unpaired) electrons. The standard InChI is InChI=1S/C24H37N5O.HI/c1-25-24(26-13-16-28-14-11-19-7-5-6-10-21(19)17-28)27-22-12-15-29(18-22)23(30)20-8-3-2-4-9-20;/h5-7,10,20,22H,2-4,8-9,11-18H2,1H3,(H2,25,26,27);1H. The second-order valence-corrected chi connectivity index (χ2v) is 9.04. The summed E-state index contributed by atoms with van der Waals surface area (Å²) in [6.07, 6.45) is 8.02. The number of hydrogen-bond donors (Lipinski definition) is 2. The van der Waals surface area contributed by atoms with Gasteiger partial charge in [0.2, 0.25) is 5.91 Å². The van der Waals surface area contributed by atoms with Crippen molar-refractivity contribution in [3.8, 4) is 0 Å². The molecule has 7 heteroatoms. The number of halogens is 1. The lowest BCUT2D eigenvalue weighted by atomic mass is 9.88. The lowest BCUT2D eigenvalue weighted by Gasteiger charge is -2.29. The van der Waals surface area contributed by atoms with Crippen LogP contribution in [0.15, 0.2) is 29.3 Å². The lowest BCUT2D eigenvalue weighted by molar-refractivity contribution is -0.135. The van der Waals surface area contributed by atoms with E-state index in [1.807, 2.05) is 7.05 Å². The maximum Gasteiger partial charge on any atom is 0.225 e. The van der Waals surface area contributed by atoms with Gasteiger partial charge in [-0.1, -0.05) is 43.5 Å². The largest absolute Gasteiger partial charge is 0.355 e. The van der Waals surface area contributed by atoms with Crippen molar-refractivity contribution in [3.63, 3.8) is 0 Å². The molecule has 0 bridgehead atoms. The zero-order valence-corrected chi connectivity index (χ0v) is 21.1. The van der Waals surface area contributed by atoms with E-state index in [1.165, 1.54) is 30.4 Å². The van der Waals surface area contributed by atoms with Gasteiger partial charge < -0.3 is 15.5 Å². The number of rotatable bonds is 5. The summed E-state index contributed by atoms with van der Waals surface area (Å²) in [6.45, 7) is 5.71. The van der Waals surface area contributed by atoms with Crippen LogP contribution in [0.5, 0.6) is 0 Å². The predicted octanol–water partition coefficient (Wildman–Crippen LogP) is 3.01. The van der Waals surface area contributed by atoms with Gasteiger partial charge in [-0.05, 0) is 36.8 Å². The molecule has 0 spiro atoms. The summed E-state index contributed by atoms with van der Waals surface area (Å²) in [5.41, 5.74) is 2.95. The Labute approximate surface area is 204 Å². The Balaban J connectivity index is 0.00000272. The molecule has 6 nitrogen and oxygen atoms in total. The van der Waals surface area contributed by atoms with Gasteiger partial charge in [0.05, 0.1) is 0 Å². The summed E-state index contributed by atoms with van der Waals surface area (Å²) in [4.78, 5) is 21.8. The maximum atomic E-state index is 12.8. The Bertz CT molecular complexity index is 749. The summed E-state index contributed by atoms with van der Waals surface area (Å²) < 4.78 is 0. The average molecular weight is 540 g/mol. The minimum Gasteiger partial charge on any atom is -0.355 e. The van der Waals surface area contributed by atoms with Gasteiger partial charge in [-0.15, -0.1) is 24.0 Å². The minimum absolute atomic E-state index is 0. The minimum atomic E-state index is 0. The van der Waals surface area contributed by atoms with E-state index in [0.29, 0.717) is 11.9 Å². The third kappa shape index (κ3) is 6.57. The lowest BCUT2D eigenvalue weighted by Crippen LogP contribution is -2.47. The molecule has 172 valence electrons. The van der Waals surface area contributed by atoms with Crippen molar-refractivity contribution in [3.05, 3.63) is 35.4 Å². The molecular formula is C24H38IN5O. The van der Waals surface area contributed by atoms with Gasteiger partial charge in [-0.2, -0.15) is 0 Å². The number of guanidine groups is 1. The van der Waals surface area contributed by atoms with Crippen LogP contribution >= 0.6 is 24.0 Å². The number of benzene rings is 1. The Hall–Kier alpha value is -1.35. The number of aliphatic imine (C=N–C) groups is 1. The molecule has 4 rings (SSSR count). The van der Waals surface area contributed by atoms with E-state index in [2.05, 4.69) is 49.7 Å². The van der Waals surface area contributed by atoms with Crippen LogP contribution in [0.1, 0.15) is 49.7 Å². The summed E-state index contributed by atoms with van der Waals surface area (Å²) in [5, 5.41) is 7.00. The van der Waals surface area contributed by atoms with Crippen LogP contribution in [-0.2, 0) is 17.8 Å². The number of nitrogens with zero attached hydrogens (tertiary/aromatic N) is 3. The molecule has 1 amide bonds. The van der Waals surface area contributed by atoms with Crippen molar-refractivity contribution in [1.82, 2.24) is 20.4 Å². The molecule has 1 aliphatic carbocycles. The summed E-state index contributed by atoms with van der Waals surface area (Å²) >= 11 is 0. The number of likely N-dealkylation sites (tertiary alicyclic amines) is 1. The highest BCUT2D eigenvalue weighted by atomic mass is 127. The van der Waals surface area contributed by atoms with E-state index >= 15 is 0 Å². The Morgan fingerprint density at radius 2 is 1.87 bits per heavy atom. The number of fused-ring (bicyclic) bond motifs is 1. The van der Waals surface area contributed by atoms with E-state index in [1.54, 1.807) is 0 Å². The molecule has 1 aromatic rings. The second-order valence-electron chi connectivity index (χ2n) is 9.04. The van der Waals surface area contributed by atoms with Crippen LogP contribution in [0, 0.1) is 5.92 Å². The molecule has 1 saturated heterocycles. The fourth-order valence-corrected chi connectivity index (χ4v) is 5.15. The fourth-order valence-electron chi connectivity index (χ4n) is 5.15. The highest BCUT2D eigenvalue weighted by molar-refractivity contribution is 14.0. The maximum absolute atomic E-state index is 12.8. The first-order valence-electron chi connectivity index (χ1n) is 11.8. The number of carbonyl (C=O) groups is 1. The van der Waals surface area contributed by atoms with Crippen LogP contribution in [0.25, 0.3) is 0 Å². The van der Waals surface area contributed by atoms with Gasteiger partial charge in [-0.3, -0.25) is 14.7 Å². The molecule has 1 saturated carbocycles. The zero-order chi connectivity index (χ0) is 20.8. The first-order valence-corrected chi connectivity index (χ1v) is 11.8. The van der Waals surface area contributed by atoms with Crippen molar-refractivity contribution in [2.45, 2.75) is 57.5 Å². The quantitative estimate of drug-likeness (QED) is 0.343. The molecule has 3 aliphatic rings. The topological polar surface area (TPSA) is 60.0 Å². The number of nitrogens with one attached hydrogen (secondary N) is 2. The molecule has 2 fully saturated rings. The van der Waals surface area contributed by atoms with E-state index in [0.717, 1.165) is 70.9 Å². The summed E-state index contributed by atoms with van der Waals surface area (Å²) in [7, 11) is 1.83. The van der Waals surface area contributed by atoms with Crippen molar-refractivity contribution < 1.29 is 4.79 Å². The third-order valence-corrected chi connectivity index (χ3v) is 6.95. The monoisotopic (exact) mass is 539 g/mol. The number of carbonyl (C=O) groups excluding carboxylic acids is 1. The van der Waals surface area contributed by atoms with Gasteiger partial charge >= 0.3 is 0 Å². The van der Waals surface area contributed by atoms with Crippen molar-refractivity contribution in [2.75, 3.05) is 39.8 Å². The van der Waals surface area contributed by atoms with Gasteiger partial charge in [0.1, 0.15) is 0 Å². The molecule has 2 heterocycles. The molecule has 2 aliphatic heterocycles. The molecule has 31 heavy (non-hydrogen) atoms. The second kappa shape index (κ2) is 12.0. The van der Waals surface area contributed by atoms with Gasteiger partial charge in [0.15, 0.2) is 5.96 Å². The van der Waals surface area contributed by atoms with Crippen molar-refractivity contribution in [1.29, 1.82) is 0 Å². The Kier molecular flexibility index (Phi) is 9.44. The Morgan fingerprint density at radius 3 is 2.65 bits per heavy atom. The van der Waals surface area contributed by atoms with Crippen molar-refractivity contribution >= 4 is 35.8 Å². The summed E-state index contributed by atoms with van der Waals surface area (Å²) in [5.74, 6) is 1.50. The van der Waals surface area contributed by atoms with E-state index in [-0.39, 0.29) is 29.9 Å². The highest BCUT2D eigenvalue weighted by Crippen LogP contribution is 2.26. The zero-order valence-electron chi connectivity index (χ0n) is 18.8.